The molecule has 1 aromatic rings. The quantitative estimate of drug-likeness (QED) is 0.836. The van der Waals surface area contributed by atoms with Gasteiger partial charge in [-0.2, -0.15) is 9.40 Å². The number of nitrogens with zero attached hydrogens (tertiary/aromatic N) is 3. The highest BCUT2D eigenvalue weighted by molar-refractivity contribution is 7.89. The molecule has 0 radical (unpaired) electrons. The molecule has 1 N–H and O–H groups in total. The van der Waals surface area contributed by atoms with Gasteiger partial charge in [0.2, 0.25) is 10.0 Å². The SMILES string of the molecule is Cn1cc(S(=O)(=O)N2CCCC2CC(=O)O)cn1. The molecule has 100 valence electrons. The maximum absolute atomic E-state index is 12.3. The van der Waals surface area contributed by atoms with Gasteiger partial charge in [-0.25, -0.2) is 8.42 Å². The summed E-state index contributed by atoms with van der Waals surface area (Å²) in [6.07, 6.45) is 3.83. The zero-order valence-corrected chi connectivity index (χ0v) is 10.8. The van der Waals surface area contributed by atoms with Crippen molar-refractivity contribution in [1.82, 2.24) is 14.1 Å². The van der Waals surface area contributed by atoms with Gasteiger partial charge >= 0.3 is 5.97 Å². The largest absolute Gasteiger partial charge is 0.481 e. The van der Waals surface area contributed by atoms with E-state index in [0.29, 0.717) is 19.4 Å². The van der Waals surface area contributed by atoms with Crippen molar-refractivity contribution in [3.8, 4) is 0 Å². The Hall–Kier alpha value is -1.41. The fourth-order valence-electron chi connectivity index (χ4n) is 2.20. The van der Waals surface area contributed by atoms with E-state index in [1.807, 2.05) is 0 Å². The third kappa shape index (κ3) is 2.39. The summed E-state index contributed by atoms with van der Waals surface area (Å²) < 4.78 is 27.3. The highest BCUT2D eigenvalue weighted by atomic mass is 32.2. The second-order valence-corrected chi connectivity index (χ2v) is 6.25. The molecule has 0 amide bonds. The van der Waals surface area contributed by atoms with Crippen LogP contribution in [-0.2, 0) is 21.9 Å². The lowest BCUT2D eigenvalue weighted by Gasteiger charge is -2.21. The molecule has 1 aliphatic heterocycles. The van der Waals surface area contributed by atoms with E-state index in [1.165, 1.54) is 21.4 Å². The van der Waals surface area contributed by atoms with Gasteiger partial charge < -0.3 is 5.11 Å². The number of aliphatic carboxylic acids is 1. The minimum atomic E-state index is -3.63. The third-order valence-electron chi connectivity index (χ3n) is 3.02. The first-order valence-corrected chi connectivity index (χ1v) is 7.07. The molecule has 1 aliphatic rings. The highest BCUT2D eigenvalue weighted by Gasteiger charge is 2.36. The molecule has 0 aromatic carbocycles. The van der Waals surface area contributed by atoms with E-state index >= 15 is 0 Å². The van der Waals surface area contributed by atoms with Crippen molar-refractivity contribution in [1.29, 1.82) is 0 Å². The smallest absolute Gasteiger partial charge is 0.304 e. The van der Waals surface area contributed by atoms with E-state index in [9.17, 15) is 13.2 Å². The molecule has 0 aliphatic carbocycles. The number of aryl methyl sites for hydroxylation is 1. The van der Waals surface area contributed by atoms with Crippen LogP contribution in [0, 0.1) is 0 Å². The highest BCUT2D eigenvalue weighted by Crippen LogP contribution is 2.27. The minimum absolute atomic E-state index is 0.113. The standard InChI is InChI=1S/C10H15N3O4S/c1-12-7-9(6-11-12)18(16,17)13-4-2-3-8(13)5-10(14)15/h6-8H,2-5H2,1H3,(H,14,15). The van der Waals surface area contributed by atoms with Gasteiger partial charge in [-0.05, 0) is 12.8 Å². The predicted octanol–water partition coefficient (Wildman–Crippen LogP) is 0.0479. The molecule has 1 aromatic heterocycles. The minimum Gasteiger partial charge on any atom is -0.481 e. The summed E-state index contributed by atoms with van der Waals surface area (Å²) in [5.41, 5.74) is 0. The Morgan fingerprint density at radius 1 is 1.61 bits per heavy atom. The summed E-state index contributed by atoms with van der Waals surface area (Å²) in [5.74, 6) is -0.978. The summed E-state index contributed by atoms with van der Waals surface area (Å²) in [6, 6.07) is -0.451. The monoisotopic (exact) mass is 273 g/mol. The van der Waals surface area contributed by atoms with Crippen LogP contribution in [0.1, 0.15) is 19.3 Å². The van der Waals surface area contributed by atoms with Gasteiger partial charge in [-0.1, -0.05) is 0 Å². The van der Waals surface area contributed by atoms with Crippen LogP contribution >= 0.6 is 0 Å². The molecular formula is C10H15N3O4S. The van der Waals surface area contributed by atoms with Crippen molar-refractivity contribution in [3.63, 3.8) is 0 Å². The van der Waals surface area contributed by atoms with Crippen LogP contribution in [0.25, 0.3) is 0 Å². The van der Waals surface area contributed by atoms with Gasteiger partial charge in [0.05, 0.1) is 12.6 Å². The van der Waals surface area contributed by atoms with Crippen LogP contribution in [0.4, 0.5) is 0 Å². The predicted molar refractivity (Wildman–Crippen MR) is 62.4 cm³/mol. The molecule has 7 nitrogen and oxygen atoms in total. The van der Waals surface area contributed by atoms with Crippen LogP contribution in [0.3, 0.4) is 0 Å². The Morgan fingerprint density at radius 2 is 2.33 bits per heavy atom. The lowest BCUT2D eigenvalue weighted by molar-refractivity contribution is -0.137. The second kappa shape index (κ2) is 4.69. The Kier molecular flexibility index (Phi) is 3.40. The summed E-state index contributed by atoms with van der Waals surface area (Å²) in [4.78, 5) is 10.8. The molecular weight excluding hydrogens is 258 g/mol. The van der Waals surface area contributed by atoms with Crippen molar-refractivity contribution in [2.45, 2.75) is 30.2 Å². The van der Waals surface area contributed by atoms with Crippen LogP contribution in [0.2, 0.25) is 0 Å². The number of hydrogen-bond donors (Lipinski definition) is 1. The number of aromatic nitrogens is 2. The number of carboxylic acids is 1. The second-order valence-electron chi connectivity index (χ2n) is 4.36. The van der Waals surface area contributed by atoms with Crippen molar-refractivity contribution < 1.29 is 18.3 Å². The first-order valence-electron chi connectivity index (χ1n) is 5.63. The van der Waals surface area contributed by atoms with E-state index in [4.69, 9.17) is 5.11 Å². The average Bonchev–Trinajstić information content (AvgIpc) is 2.86. The molecule has 18 heavy (non-hydrogen) atoms. The van der Waals surface area contributed by atoms with Crippen molar-refractivity contribution in [2.75, 3.05) is 6.54 Å². The van der Waals surface area contributed by atoms with Gasteiger partial charge in [0, 0.05) is 25.8 Å². The van der Waals surface area contributed by atoms with Crippen molar-refractivity contribution >= 4 is 16.0 Å². The number of sulfonamides is 1. The average molecular weight is 273 g/mol. The molecule has 0 spiro atoms. The maximum atomic E-state index is 12.3. The van der Waals surface area contributed by atoms with E-state index in [2.05, 4.69) is 5.10 Å². The summed E-state index contributed by atoms with van der Waals surface area (Å²) in [6.45, 7) is 0.370. The number of carboxylic acid groups (broad SMARTS) is 1. The maximum Gasteiger partial charge on any atom is 0.304 e. The van der Waals surface area contributed by atoms with Crippen LogP contribution in [0.5, 0.6) is 0 Å². The summed E-state index contributed by atoms with van der Waals surface area (Å²) in [5, 5.41) is 12.6. The van der Waals surface area contributed by atoms with Crippen molar-refractivity contribution in [3.05, 3.63) is 12.4 Å². The molecule has 1 unspecified atom stereocenters. The lowest BCUT2D eigenvalue weighted by Crippen LogP contribution is -2.36. The number of carbonyl (C=O) groups is 1. The van der Waals surface area contributed by atoms with Crippen LogP contribution in [-0.4, -0.2) is 46.2 Å². The molecule has 2 rings (SSSR count). The lowest BCUT2D eigenvalue weighted by atomic mass is 10.2. The molecule has 1 fully saturated rings. The third-order valence-corrected chi connectivity index (χ3v) is 4.93. The van der Waals surface area contributed by atoms with Crippen LogP contribution in [0.15, 0.2) is 17.3 Å². The van der Waals surface area contributed by atoms with E-state index < -0.39 is 22.0 Å². The zero-order valence-electron chi connectivity index (χ0n) is 9.98. The Labute approximate surface area is 105 Å². The van der Waals surface area contributed by atoms with Gasteiger partial charge in [-0.3, -0.25) is 9.48 Å². The normalized spacial score (nSPS) is 21.3. The van der Waals surface area contributed by atoms with Crippen LogP contribution < -0.4 is 0 Å². The molecule has 8 heteroatoms. The van der Waals surface area contributed by atoms with E-state index in [-0.39, 0.29) is 11.3 Å². The fourth-order valence-corrected chi connectivity index (χ4v) is 3.88. The summed E-state index contributed by atoms with van der Waals surface area (Å²) >= 11 is 0. The van der Waals surface area contributed by atoms with Gasteiger partial charge in [0.1, 0.15) is 4.90 Å². The Morgan fingerprint density at radius 3 is 2.89 bits per heavy atom. The van der Waals surface area contributed by atoms with Crippen molar-refractivity contribution in [2.24, 2.45) is 7.05 Å². The molecule has 0 bridgehead atoms. The van der Waals surface area contributed by atoms with E-state index in [1.54, 1.807) is 7.05 Å². The first kappa shape index (κ1) is 13.0. The first-order chi connectivity index (χ1) is 8.41. The Balaban J connectivity index is 2.26. The van der Waals surface area contributed by atoms with Gasteiger partial charge in [-0.15, -0.1) is 0 Å². The van der Waals surface area contributed by atoms with Gasteiger partial charge in [0.25, 0.3) is 0 Å². The zero-order chi connectivity index (χ0) is 13.3. The number of rotatable bonds is 4. The molecule has 1 saturated heterocycles. The fraction of sp³-hybridized carbons (Fsp3) is 0.600. The summed E-state index contributed by atoms with van der Waals surface area (Å²) in [7, 11) is -1.99. The number of hydrogen-bond acceptors (Lipinski definition) is 4. The topological polar surface area (TPSA) is 92.5 Å². The Bertz CT molecular complexity index is 551. The molecule has 0 saturated carbocycles. The van der Waals surface area contributed by atoms with Gasteiger partial charge in [0.15, 0.2) is 0 Å². The molecule has 1 atom stereocenters. The molecule has 2 heterocycles. The van der Waals surface area contributed by atoms with E-state index in [0.717, 1.165) is 0 Å².